The van der Waals surface area contributed by atoms with Gasteiger partial charge in [0.25, 0.3) is 0 Å². The van der Waals surface area contributed by atoms with E-state index in [1.165, 1.54) is 0 Å². The van der Waals surface area contributed by atoms with Crippen molar-refractivity contribution < 1.29 is 8.42 Å². The maximum Gasteiger partial charge on any atom is 0.245 e. The molecule has 2 aliphatic heterocycles. The Morgan fingerprint density at radius 3 is 2.64 bits per heavy atom. The zero-order valence-corrected chi connectivity index (χ0v) is 16.9. The number of benzene rings is 2. The van der Waals surface area contributed by atoms with Crippen LogP contribution in [0.4, 0.5) is 0 Å². The van der Waals surface area contributed by atoms with Crippen LogP contribution in [0.15, 0.2) is 53.9 Å². The Kier molecular flexibility index (Phi) is 5.80. The van der Waals surface area contributed by atoms with Gasteiger partial charge < -0.3 is 10.6 Å². The first-order valence-corrected chi connectivity index (χ1v) is 11.3. The third-order valence-corrected chi connectivity index (χ3v) is 7.57. The van der Waals surface area contributed by atoms with E-state index < -0.39 is 10.0 Å². The van der Waals surface area contributed by atoms with Crippen molar-refractivity contribution in [1.29, 1.82) is 0 Å². The van der Waals surface area contributed by atoms with E-state index in [1.54, 1.807) is 10.4 Å². The molecule has 0 saturated carbocycles. The second kappa shape index (κ2) is 8.31. The first-order valence-electron chi connectivity index (χ1n) is 9.91. The summed E-state index contributed by atoms with van der Waals surface area (Å²) in [4.78, 5) is 2.67. The van der Waals surface area contributed by atoms with Crippen LogP contribution in [-0.4, -0.2) is 69.6 Å². The topological polar surface area (TPSA) is 64.7 Å². The fourth-order valence-electron chi connectivity index (χ4n) is 4.19. The van der Waals surface area contributed by atoms with Crippen molar-refractivity contribution in [3.05, 3.63) is 54.6 Å². The van der Waals surface area contributed by atoms with Crippen LogP contribution in [0.3, 0.4) is 0 Å². The number of nitrogens with zero attached hydrogens (tertiary/aromatic N) is 2. The van der Waals surface area contributed by atoms with E-state index in [0.29, 0.717) is 24.5 Å². The van der Waals surface area contributed by atoms with Crippen molar-refractivity contribution in [2.75, 3.05) is 45.8 Å². The molecule has 0 aromatic heterocycles. The summed E-state index contributed by atoms with van der Waals surface area (Å²) in [5.74, 6) is 0. The van der Waals surface area contributed by atoms with Crippen LogP contribution in [0.2, 0.25) is 0 Å². The number of rotatable bonds is 5. The average molecular weight is 401 g/mol. The van der Waals surface area contributed by atoms with E-state index in [-0.39, 0.29) is 6.17 Å². The maximum absolute atomic E-state index is 13.7. The van der Waals surface area contributed by atoms with Gasteiger partial charge in [0.1, 0.15) is 0 Å². The predicted molar refractivity (Wildman–Crippen MR) is 113 cm³/mol. The highest BCUT2D eigenvalue weighted by Gasteiger charge is 2.37. The van der Waals surface area contributed by atoms with Crippen LogP contribution >= 0.6 is 0 Å². The minimum Gasteiger partial charge on any atom is -0.314 e. The van der Waals surface area contributed by atoms with Gasteiger partial charge in [0.15, 0.2) is 0 Å². The zero-order valence-electron chi connectivity index (χ0n) is 16.1. The molecule has 150 valence electrons. The lowest BCUT2D eigenvalue weighted by Gasteiger charge is -2.43. The molecule has 2 fully saturated rings. The molecule has 0 spiro atoms. The number of sulfonamides is 1. The quantitative estimate of drug-likeness (QED) is 0.743. The fourth-order valence-corrected chi connectivity index (χ4v) is 6.02. The summed E-state index contributed by atoms with van der Waals surface area (Å²) in [6.07, 6.45) is 2.49. The number of nitrogens with one attached hydrogen (secondary N) is 2. The van der Waals surface area contributed by atoms with Gasteiger partial charge >= 0.3 is 0 Å². The molecule has 28 heavy (non-hydrogen) atoms. The monoisotopic (exact) mass is 400 g/mol. The molecule has 0 amide bonds. The van der Waals surface area contributed by atoms with Crippen molar-refractivity contribution in [1.82, 2.24) is 19.8 Å². The minimum absolute atomic E-state index is 0.142. The van der Waals surface area contributed by atoms with Crippen LogP contribution in [0.25, 0.3) is 10.8 Å². The Labute approximate surface area is 167 Å². The molecule has 0 bridgehead atoms. The second-order valence-corrected chi connectivity index (χ2v) is 9.25. The number of allylic oxidation sites excluding steroid dienone is 1. The normalized spacial score (nSPS) is 22.4. The van der Waals surface area contributed by atoms with Crippen molar-refractivity contribution in [3.8, 4) is 0 Å². The van der Waals surface area contributed by atoms with Gasteiger partial charge in [0, 0.05) is 51.2 Å². The number of hydrogen-bond acceptors (Lipinski definition) is 5. The maximum atomic E-state index is 13.7. The van der Waals surface area contributed by atoms with E-state index in [9.17, 15) is 8.42 Å². The van der Waals surface area contributed by atoms with Crippen LogP contribution < -0.4 is 10.6 Å². The molecule has 2 aromatic rings. The highest BCUT2D eigenvalue weighted by molar-refractivity contribution is 7.89. The zero-order chi connectivity index (χ0) is 19.6. The van der Waals surface area contributed by atoms with Crippen molar-refractivity contribution in [2.45, 2.75) is 17.5 Å². The third-order valence-electron chi connectivity index (χ3n) is 5.61. The summed E-state index contributed by atoms with van der Waals surface area (Å²) >= 11 is 0. The molecule has 1 unspecified atom stereocenters. The molecule has 4 rings (SSSR count). The molecule has 2 saturated heterocycles. The van der Waals surface area contributed by atoms with Gasteiger partial charge in [-0.2, -0.15) is 4.31 Å². The summed E-state index contributed by atoms with van der Waals surface area (Å²) in [6.45, 7) is 9.12. The average Bonchev–Trinajstić information content (AvgIpc) is 2.74. The molecule has 1 atom stereocenters. The Balaban J connectivity index is 1.72. The van der Waals surface area contributed by atoms with Gasteiger partial charge in [-0.25, -0.2) is 8.42 Å². The first kappa shape index (κ1) is 19.5. The number of fused-ring (bicyclic) bond motifs is 1. The molecular weight excluding hydrogens is 372 g/mol. The Morgan fingerprint density at radius 1 is 1.07 bits per heavy atom. The lowest BCUT2D eigenvalue weighted by molar-refractivity contribution is 0.0700. The van der Waals surface area contributed by atoms with E-state index in [2.05, 4.69) is 28.2 Å². The SMILES string of the molecule is C=CCc1ccc2c(S(=O)(=O)N3CCNCC3N3CCNCC3)cccc2c1. The smallest absolute Gasteiger partial charge is 0.245 e. The third kappa shape index (κ3) is 3.73. The Bertz CT molecular complexity index is 954. The summed E-state index contributed by atoms with van der Waals surface area (Å²) in [7, 11) is -3.60. The highest BCUT2D eigenvalue weighted by Crippen LogP contribution is 2.29. The van der Waals surface area contributed by atoms with Crippen LogP contribution in [0.5, 0.6) is 0 Å². The number of hydrogen-bond donors (Lipinski definition) is 2. The van der Waals surface area contributed by atoms with Crippen LogP contribution in [0.1, 0.15) is 5.56 Å². The van der Waals surface area contributed by atoms with Gasteiger partial charge in [-0.15, -0.1) is 6.58 Å². The van der Waals surface area contributed by atoms with E-state index in [4.69, 9.17) is 0 Å². The van der Waals surface area contributed by atoms with E-state index in [1.807, 2.05) is 30.3 Å². The van der Waals surface area contributed by atoms with Gasteiger partial charge in [-0.1, -0.05) is 36.4 Å². The van der Waals surface area contributed by atoms with E-state index in [0.717, 1.165) is 48.9 Å². The minimum atomic E-state index is -3.60. The van der Waals surface area contributed by atoms with E-state index >= 15 is 0 Å². The molecule has 2 aromatic carbocycles. The molecule has 0 radical (unpaired) electrons. The molecular formula is C21H28N4O2S. The summed E-state index contributed by atoms with van der Waals surface area (Å²) in [6, 6.07) is 11.5. The molecule has 6 nitrogen and oxygen atoms in total. The molecule has 7 heteroatoms. The Hall–Kier alpha value is -1.77. The molecule has 2 N–H and O–H groups in total. The van der Waals surface area contributed by atoms with Crippen molar-refractivity contribution >= 4 is 20.8 Å². The predicted octanol–water partition coefficient (Wildman–Crippen LogP) is 1.39. The lowest BCUT2D eigenvalue weighted by atomic mass is 10.1. The first-order chi connectivity index (χ1) is 13.6. The van der Waals surface area contributed by atoms with Crippen molar-refractivity contribution in [3.63, 3.8) is 0 Å². The molecule has 2 aliphatic rings. The van der Waals surface area contributed by atoms with Gasteiger partial charge in [0.2, 0.25) is 10.0 Å². The standard InChI is InChI=1S/C21H28N4O2S/c1-2-4-17-7-8-19-18(15-17)5-3-6-20(19)28(26,27)25-14-11-23-16-21(25)24-12-9-22-10-13-24/h2-3,5-8,15,21-23H,1,4,9-14,16H2. The van der Waals surface area contributed by atoms with Crippen molar-refractivity contribution in [2.24, 2.45) is 0 Å². The highest BCUT2D eigenvalue weighted by atomic mass is 32.2. The van der Waals surface area contributed by atoms with Gasteiger partial charge in [-0.3, -0.25) is 4.90 Å². The van der Waals surface area contributed by atoms with Crippen LogP contribution in [0, 0.1) is 0 Å². The molecule has 0 aliphatic carbocycles. The second-order valence-electron chi connectivity index (χ2n) is 7.39. The fraction of sp³-hybridized carbons (Fsp3) is 0.429. The van der Waals surface area contributed by atoms with Crippen LogP contribution in [-0.2, 0) is 16.4 Å². The lowest BCUT2D eigenvalue weighted by Crippen LogP contribution is -2.63. The Morgan fingerprint density at radius 2 is 1.86 bits per heavy atom. The molecule has 2 heterocycles. The summed E-state index contributed by atoms with van der Waals surface area (Å²) < 4.78 is 29.1. The summed E-state index contributed by atoms with van der Waals surface area (Å²) in [5, 5.41) is 8.45. The summed E-state index contributed by atoms with van der Waals surface area (Å²) in [5.41, 5.74) is 1.14. The van der Waals surface area contributed by atoms with Gasteiger partial charge in [0.05, 0.1) is 11.1 Å². The largest absolute Gasteiger partial charge is 0.314 e. The number of piperazine rings is 2. The van der Waals surface area contributed by atoms with Gasteiger partial charge in [-0.05, 0) is 23.4 Å².